The van der Waals surface area contributed by atoms with Crippen molar-refractivity contribution in [3.63, 3.8) is 0 Å². The molecule has 3 rings (SSSR count). The molecule has 2 aromatic carbocycles. The van der Waals surface area contributed by atoms with Gasteiger partial charge in [0, 0.05) is 11.6 Å². The number of benzene rings is 2. The lowest BCUT2D eigenvalue weighted by Crippen LogP contribution is -2.14. The Bertz CT molecular complexity index is 1200. The first-order chi connectivity index (χ1) is 16.3. The molecule has 1 aliphatic rings. The summed E-state index contributed by atoms with van der Waals surface area (Å²) in [5.41, 5.74) is 1.70. The Morgan fingerprint density at radius 3 is 2.44 bits per heavy atom. The van der Waals surface area contributed by atoms with Gasteiger partial charge in [0.1, 0.15) is 16.4 Å². The number of esters is 1. The van der Waals surface area contributed by atoms with Crippen LogP contribution in [0.1, 0.15) is 35.3 Å². The van der Waals surface area contributed by atoms with Gasteiger partial charge in [0.2, 0.25) is 0 Å². The standard InChI is InChI=1S/C25H24ClNO6S/c1-5-32-19-13-17(26)16(11-18(19)31-4)12-20-22(28)21(25(30)33-6-2)24(34-20)27-23(29)15-9-7-14(3)8-10-15/h7-13,28H,5-6H2,1-4H3/b20-12-,27-24?. The van der Waals surface area contributed by atoms with Crippen LogP contribution in [0, 0.1) is 6.92 Å². The minimum atomic E-state index is -0.776. The predicted octanol–water partition coefficient (Wildman–Crippen LogP) is 5.76. The lowest BCUT2D eigenvalue weighted by atomic mass is 10.1. The van der Waals surface area contributed by atoms with Crippen LogP contribution in [0.25, 0.3) is 6.08 Å². The summed E-state index contributed by atoms with van der Waals surface area (Å²) in [6, 6.07) is 10.2. The summed E-state index contributed by atoms with van der Waals surface area (Å²) in [6.07, 6.45) is 1.58. The maximum atomic E-state index is 12.7. The monoisotopic (exact) mass is 501 g/mol. The van der Waals surface area contributed by atoms with Crippen LogP contribution in [0.2, 0.25) is 5.02 Å². The highest BCUT2D eigenvalue weighted by Crippen LogP contribution is 2.41. The molecule has 34 heavy (non-hydrogen) atoms. The number of aliphatic hydroxyl groups is 1. The van der Waals surface area contributed by atoms with Crippen molar-refractivity contribution in [3.05, 3.63) is 74.3 Å². The maximum Gasteiger partial charge on any atom is 0.344 e. The summed E-state index contributed by atoms with van der Waals surface area (Å²) in [4.78, 5) is 29.7. The number of methoxy groups -OCH3 is 1. The molecule has 0 saturated carbocycles. The molecule has 0 aliphatic carbocycles. The van der Waals surface area contributed by atoms with Crippen molar-refractivity contribution in [1.82, 2.24) is 0 Å². The van der Waals surface area contributed by atoms with Gasteiger partial charge in [-0.05, 0) is 50.6 Å². The Morgan fingerprint density at radius 2 is 1.82 bits per heavy atom. The van der Waals surface area contributed by atoms with E-state index in [1.165, 1.54) is 7.11 Å². The van der Waals surface area contributed by atoms with Crippen LogP contribution in [-0.4, -0.2) is 42.4 Å². The zero-order valence-electron chi connectivity index (χ0n) is 19.2. The first-order valence-electron chi connectivity index (χ1n) is 10.5. The summed E-state index contributed by atoms with van der Waals surface area (Å²) in [5, 5.41) is 11.2. The van der Waals surface area contributed by atoms with Crippen molar-refractivity contribution in [1.29, 1.82) is 0 Å². The number of halogens is 1. The average Bonchev–Trinajstić information content (AvgIpc) is 3.10. The molecule has 9 heteroatoms. The van der Waals surface area contributed by atoms with E-state index in [0.717, 1.165) is 17.3 Å². The molecule has 7 nitrogen and oxygen atoms in total. The number of carbonyl (C=O) groups is 2. The van der Waals surface area contributed by atoms with E-state index in [1.807, 2.05) is 13.8 Å². The highest BCUT2D eigenvalue weighted by molar-refractivity contribution is 8.18. The van der Waals surface area contributed by atoms with Crippen LogP contribution in [-0.2, 0) is 9.53 Å². The molecule has 1 N–H and O–H groups in total. The number of hydrogen-bond acceptors (Lipinski definition) is 7. The van der Waals surface area contributed by atoms with Crippen LogP contribution in [0.5, 0.6) is 11.5 Å². The number of aliphatic hydroxyl groups excluding tert-OH is 1. The fraction of sp³-hybridized carbons (Fsp3) is 0.240. The van der Waals surface area contributed by atoms with E-state index in [1.54, 1.807) is 49.4 Å². The van der Waals surface area contributed by atoms with Crippen LogP contribution in [0.15, 0.2) is 57.6 Å². The molecule has 178 valence electrons. The van der Waals surface area contributed by atoms with Crippen molar-refractivity contribution in [2.75, 3.05) is 20.3 Å². The van der Waals surface area contributed by atoms with Gasteiger partial charge in [0.25, 0.3) is 5.91 Å². The van der Waals surface area contributed by atoms with Gasteiger partial charge in [0.05, 0.1) is 30.3 Å². The van der Waals surface area contributed by atoms with Gasteiger partial charge < -0.3 is 19.3 Å². The Kier molecular flexibility index (Phi) is 8.41. The molecule has 0 atom stereocenters. The fourth-order valence-electron chi connectivity index (χ4n) is 3.08. The number of aliphatic imine (C=N–C) groups is 1. The summed E-state index contributed by atoms with van der Waals surface area (Å²) >= 11 is 7.39. The first-order valence-corrected chi connectivity index (χ1v) is 11.7. The normalized spacial score (nSPS) is 15.7. The van der Waals surface area contributed by atoms with Crippen LogP contribution < -0.4 is 9.47 Å². The molecule has 1 heterocycles. The minimum absolute atomic E-state index is 0.0433. The molecule has 0 saturated heterocycles. The quantitative estimate of drug-likeness (QED) is 0.482. The molecule has 0 fully saturated rings. The molecule has 0 bridgehead atoms. The Balaban J connectivity index is 2.04. The van der Waals surface area contributed by atoms with E-state index in [2.05, 4.69) is 4.99 Å². The zero-order chi connectivity index (χ0) is 24.8. The van der Waals surface area contributed by atoms with E-state index in [0.29, 0.717) is 34.3 Å². The summed E-state index contributed by atoms with van der Waals surface area (Å²) < 4.78 is 16.0. The maximum absolute atomic E-state index is 12.7. The number of rotatable bonds is 7. The van der Waals surface area contributed by atoms with Crippen molar-refractivity contribution in [3.8, 4) is 11.5 Å². The minimum Gasteiger partial charge on any atom is -0.506 e. The van der Waals surface area contributed by atoms with Crippen molar-refractivity contribution >= 4 is 46.4 Å². The topological polar surface area (TPSA) is 94.4 Å². The highest BCUT2D eigenvalue weighted by Gasteiger charge is 2.34. The van der Waals surface area contributed by atoms with E-state index >= 15 is 0 Å². The van der Waals surface area contributed by atoms with Crippen molar-refractivity contribution in [2.24, 2.45) is 4.99 Å². The Morgan fingerprint density at radius 1 is 1.12 bits per heavy atom. The molecule has 0 spiro atoms. The number of aryl methyl sites for hydroxylation is 1. The fourth-order valence-corrected chi connectivity index (χ4v) is 4.29. The molecular formula is C25H24ClNO6S. The Hall–Kier alpha value is -3.23. The van der Waals surface area contributed by atoms with E-state index < -0.39 is 11.9 Å². The molecule has 1 aliphatic heterocycles. The molecule has 1 amide bonds. The summed E-state index contributed by atoms with van der Waals surface area (Å²) in [5.74, 6) is -0.726. The van der Waals surface area contributed by atoms with Crippen LogP contribution in [0.4, 0.5) is 0 Å². The van der Waals surface area contributed by atoms with Gasteiger partial charge in [-0.25, -0.2) is 9.79 Å². The average molecular weight is 502 g/mol. The van der Waals surface area contributed by atoms with Crippen molar-refractivity contribution in [2.45, 2.75) is 20.8 Å². The number of carbonyl (C=O) groups excluding carboxylic acids is 2. The van der Waals surface area contributed by atoms with Gasteiger partial charge in [-0.1, -0.05) is 41.1 Å². The second-order valence-corrected chi connectivity index (χ2v) is 8.54. The number of thioether (sulfide) groups is 1. The van der Waals surface area contributed by atoms with Crippen LogP contribution >= 0.6 is 23.4 Å². The predicted molar refractivity (Wildman–Crippen MR) is 134 cm³/mol. The summed E-state index contributed by atoms with van der Waals surface area (Å²) in [7, 11) is 1.50. The second-order valence-electron chi connectivity index (χ2n) is 7.10. The van der Waals surface area contributed by atoms with Gasteiger partial charge in [-0.3, -0.25) is 4.79 Å². The lowest BCUT2D eigenvalue weighted by molar-refractivity contribution is -0.138. The highest BCUT2D eigenvalue weighted by atomic mass is 35.5. The summed E-state index contributed by atoms with van der Waals surface area (Å²) in [6.45, 7) is 5.93. The molecular weight excluding hydrogens is 478 g/mol. The van der Waals surface area contributed by atoms with Crippen LogP contribution in [0.3, 0.4) is 0 Å². The molecule has 0 aromatic heterocycles. The number of ether oxygens (including phenoxy) is 3. The van der Waals surface area contributed by atoms with E-state index in [-0.39, 0.29) is 27.9 Å². The smallest absolute Gasteiger partial charge is 0.344 e. The van der Waals surface area contributed by atoms with Gasteiger partial charge in [-0.2, -0.15) is 0 Å². The van der Waals surface area contributed by atoms with E-state index in [9.17, 15) is 14.7 Å². The number of amides is 1. The largest absolute Gasteiger partial charge is 0.506 e. The molecule has 0 unspecified atom stereocenters. The lowest BCUT2D eigenvalue weighted by Gasteiger charge is -2.11. The van der Waals surface area contributed by atoms with E-state index in [4.69, 9.17) is 25.8 Å². The first kappa shape index (κ1) is 25.4. The van der Waals surface area contributed by atoms with Gasteiger partial charge in [-0.15, -0.1) is 0 Å². The van der Waals surface area contributed by atoms with Gasteiger partial charge >= 0.3 is 5.97 Å². The number of hydrogen-bond donors (Lipinski definition) is 1. The third kappa shape index (κ3) is 5.63. The molecule has 2 aromatic rings. The molecule has 0 radical (unpaired) electrons. The van der Waals surface area contributed by atoms with Crippen molar-refractivity contribution < 1.29 is 28.9 Å². The zero-order valence-corrected chi connectivity index (χ0v) is 20.7. The van der Waals surface area contributed by atoms with Gasteiger partial charge in [0.15, 0.2) is 11.5 Å². The Labute approximate surface area is 207 Å². The number of nitrogens with zero attached hydrogens (tertiary/aromatic N) is 1. The second kappa shape index (κ2) is 11.3. The SMILES string of the molecule is CCOC(=O)C1=C(O)/C(=C/c2cc(OC)c(OCC)cc2Cl)SC1=NC(=O)c1ccc(C)cc1. The third-order valence-electron chi connectivity index (χ3n) is 4.74. The third-order valence-corrected chi connectivity index (χ3v) is 6.09.